The van der Waals surface area contributed by atoms with Crippen LogP contribution in [0.2, 0.25) is 0 Å². The van der Waals surface area contributed by atoms with E-state index in [0.717, 1.165) is 0 Å². The molecule has 3 N–H and O–H groups in total. The Labute approximate surface area is 194 Å². The van der Waals surface area contributed by atoms with E-state index >= 15 is 0 Å². The fraction of sp³-hybridized carbons (Fsp3) is 0.0476. The summed E-state index contributed by atoms with van der Waals surface area (Å²) in [5, 5.41) is 13.1. The number of anilines is 2. The maximum atomic E-state index is 13.1. The van der Waals surface area contributed by atoms with Crippen LogP contribution in [0.1, 0.15) is 37.4 Å². The Kier molecular flexibility index (Phi) is 5.90. The van der Waals surface area contributed by atoms with Crippen molar-refractivity contribution in [1.82, 2.24) is 0 Å². The van der Waals surface area contributed by atoms with Crippen LogP contribution in [0, 0.1) is 6.92 Å². The van der Waals surface area contributed by atoms with Crippen LogP contribution in [0.5, 0.6) is 5.75 Å². The molecule has 7 nitrogen and oxygen atoms in total. The summed E-state index contributed by atoms with van der Waals surface area (Å²) in [5.74, 6) is -1.33. The van der Waals surface area contributed by atoms with Crippen molar-refractivity contribution >= 4 is 62.6 Å². The first-order valence-electron chi connectivity index (χ1n) is 8.58. The van der Waals surface area contributed by atoms with Crippen LogP contribution >= 0.6 is 0 Å². The van der Waals surface area contributed by atoms with Gasteiger partial charge in [-0.1, -0.05) is 30.3 Å². The molecule has 0 aromatic heterocycles. The van der Waals surface area contributed by atoms with Crippen molar-refractivity contribution in [2.24, 2.45) is 0 Å². The molecule has 1 aliphatic rings. The number of aryl methyl sites for hydroxylation is 1. The summed E-state index contributed by atoms with van der Waals surface area (Å²) in [6, 6.07) is 13.3. The molecule has 1 aliphatic carbocycles. The molecule has 0 saturated carbocycles. The third kappa shape index (κ3) is 3.68. The van der Waals surface area contributed by atoms with Gasteiger partial charge in [-0.3, -0.25) is 14.1 Å². The van der Waals surface area contributed by atoms with Gasteiger partial charge < -0.3 is 10.4 Å². The Hall–Kier alpha value is -2.49. The van der Waals surface area contributed by atoms with Gasteiger partial charge in [0.2, 0.25) is 0 Å². The van der Waals surface area contributed by atoms with Crippen LogP contribution in [0.3, 0.4) is 0 Å². The molecule has 148 valence electrons. The van der Waals surface area contributed by atoms with Gasteiger partial charge in [-0.2, -0.15) is 8.42 Å². The summed E-state index contributed by atoms with van der Waals surface area (Å²) in [7, 11) is -4.54. The van der Waals surface area contributed by atoms with Crippen molar-refractivity contribution in [3.05, 3.63) is 82.4 Å². The number of carbonyl (C=O) groups is 2. The van der Waals surface area contributed by atoms with Gasteiger partial charge in [0, 0.05) is 11.1 Å². The van der Waals surface area contributed by atoms with E-state index in [1.54, 1.807) is 25.1 Å². The van der Waals surface area contributed by atoms with E-state index in [1.165, 1.54) is 36.4 Å². The first-order valence-corrected chi connectivity index (χ1v) is 10.0. The number of phenols is 1. The number of rotatable bonds is 3. The number of benzene rings is 3. The quantitative estimate of drug-likeness (QED) is 0.258. The molecule has 4 rings (SSSR count). The molecule has 0 amide bonds. The van der Waals surface area contributed by atoms with Crippen molar-refractivity contribution in [3.63, 3.8) is 0 Å². The number of ketones is 2. The molecule has 0 unspecified atom stereocenters. The molecular weight excluding hydrogens is 417 g/mol. The topological polar surface area (TPSA) is 121 Å². The minimum absolute atomic E-state index is 0. The Morgan fingerprint density at radius 2 is 1.40 bits per heavy atom. The number of hydrogen-bond donors (Lipinski definition) is 3. The van der Waals surface area contributed by atoms with E-state index in [2.05, 4.69) is 5.32 Å². The maximum absolute atomic E-state index is 13.1. The third-order valence-corrected chi connectivity index (χ3v) is 5.63. The van der Waals surface area contributed by atoms with E-state index in [4.69, 9.17) is 0 Å². The van der Waals surface area contributed by atoms with Gasteiger partial charge in [-0.25, -0.2) is 0 Å². The Balaban J connectivity index is 0.00000256. The molecule has 3 aromatic carbocycles. The van der Waals surface area contributed by atoms with Crippen molar-refractivity contribution < 1.29 is 27.7 Å². The molecule has 0 spiro atoms. The summed E-state index contributed by atoms with van der Waals surface area (Å²) < 4.78 is 33.1. The Morgan fingerprint density at radius 3 is 2.00 bits per heavy atom. The van der Waals surface area contributed by atoms with Crippen LogP contribution < -0.4 is 5.32 Å². The first kappa shape index (κ1) is 22.2. The molecule has 0 fully saturated rings. The second kappa shape index (κ2) is 7.98. The average molecular weight is 433 g/mol. The molecule has 0 saturated heterocycles. The van der Waals surface area contributed by atoms with Crippen molar-refractivity contribution in [3.8, 4) is 5.75 Å². The number of phenolic OH excluding ortho intramolecular Hbond substituents is 1. The Morgan fingerprint density at radius 1 is 0.833 bits per heavy atom. The average Bonchev–Trinajstić information content (AvgIpc) is 2.68. The predicted molar refractivity (Wildman–Crippen MR) is 113 cm³/mol. The van der Waals surface area contributed by atoms with Gasteiger partial charge in [-0.15, -0.1) is 0 Å². The monoisotopic (exact) mass is 433 g/mol. The molecule has 0 bridgehead atoms. The first-order chi connectivity index (χ1) is 13.7. The van der Waals surface area contributed by atoms with Crippen LogP contribution in [-0.2, 0) is 10.1 Å². The summed E-state index contributed by atoms with van der Waals surface area (Å²) in [6.07, 6.45) is 0. The van der Waals surface area contributed by atoms with E-state index in [9.17, 15) is 27.7 Å². The molecule has 3 aromatic rings. The summed E-state index contributed by atoms with van der Waals surface area (Å²) in [5.41, 5.74) is 0.944. The number of nitrogens with one attached hydrogen (secondary N) is 1. The minimum atomic E-state index is -4.54. The molecule has 0 radical (unpaired) electrons. The number of fused-ring (bicyclic) bond motifs is 2. The fourth-order valence-corrected chi connectivity index (χ4v) is 4.13. The second-order valence-electron chi connectivity index (χ2n) is 6.69. The van der Waals surface area contributed by atoms with Crippen LogP contribution in [-0.4, -0.2) is 59.2 Å². The van der Waals surface area contributed by atoms with Crippen molar-refractivity contribution in [1.29, 1.82) is 0 Å². The van der Waals surface area contributed by atoms with Crippen LogP contribution in [0.25, 0.3) is 0 Å². The Bertz CT molecular complexity index is 1320. The van der Waals surface area contributed by atoms with Crippen molar-refractivity contribution in [2.75, 3.05) is 5.32 Å². The normalized spacial score (nSPS) is 12.6. The molecule has 0 aliphatic heterocycles. The predicted octanol–water partition coefficient (Wildman–Crippen LogP) is 2.82. The summed E-state index contributed by atoms with van der Waals surface area (Å²) in [4.78, 5) is 25.6. The summed E-state index contributed by atoms with van der Waals surface area (Å²) >= 11 is 0. The van der Waals surface area contributed by atoms with Gasteiger partial charge in [-0.05, 0) is 36.8 Å². The van der Waals surface area contributed by atoms with E-state index in [0.29, 0.717) is 5.56 Å². The van der Waals surface area contributed by atoms with Gasteiger partial charge in [0.25, 0.3) is 10.1 Å². The third-order valence-electron chi connectivity index (χ3n) is 4.74. The van der Waals surface area contributed by atoms with E-state index in [-0.39, 0.29) is 73.8 Å². The fourth-order valence-electron chi connectivity index (χ4n) is 3.40. The summed E-state index contributed by atoms with van der Waals surface area (Å²) in [6.45, 7) is 1.67. The van der Waals surface area contributed by atoms with E-state index < -0.39 is 21.7 Å². The molecular formula is C21H16NNaO6S. The van der Waals surface area contributed by atoms with Crippen LogP contribution in [0.15, 0.2) is 59.5 Å². The molecule has 0 heterocycles. The zero-order valence-corrected chi connectivity index (χ0v) is 15.9. The number of hydrogen-bond acceptors (Lipinski definition) is 6. The van der Waals surface area contributed by atoms with Crippen molar-refractivity contribution in [2.45, 2.75) is 11.8 Å². The standard InChI is InChI=1S/C21H15NO6S.Na.H/c1-11-6-7-14(17(10-11)29(26,27)28)22-15-8-9-16(23)19-18(15)20(24)12-4-2-3-5-13(12)21(19)25;;/h2-10,22-23H,1H3,(H,26,27,28);;. The number of aromatic hydroxyl groups is 1. The van der Waals surface area contributed by atoms with Crippen LogP contribution in [0.4, 0.5) is 11.4 Å². The second-order valence-corrected chi connectivity index (χ2v) is 8.08. The number of carbonyl (C=O) groups excluding carboxylic acids is 2. The van der Waals surface area contributed by atoms with E-state index in [1.807, 2.05) is 0 Å². The zero-order valence-electron chi connectivity index (χ0n) is 15.1. The molecule has 30 heavy (non-hydrogen) atoms. The van der Waals surface area contributed by atoms with Gasteiger partial charge >= 0.3 is 29.6 Å². The molecule has 0 atom stereocenters. The van der Waals surface area contributed by atoms with Gasteiger partial charge in [0.1, 0.15) is 10.6 Å². The van der Waals surface area contributed by atoms with Gasteiger partial charge in [0.05, 0.1) is 22.5 Å². The molecule has 9 heteroatoms. The SMILES string of the molecule is Cc1ccc(Nc2ccc(O)c3c2C(=O)c2ccccc2C3=O)c(S(=O)(=O)O)c1.[NaH]. The zero-order chi connectivity index (χ0) is 20.9. The van der Waals surface area contributed by atoms with Gasteiger partial charge in [0.15, 0.2) is 11.6 Å².